The number of fused-ring (bicyclic) bond motifs is 2. The summed E-state index contributed by atoms with van der Waals surface area (Å²) in [4.78, 5) is 30.8. The predicted molar refractivity (Wildman–Crippen MR) is 107 cm³/mol. The first-order valence-electron chi connectivity index (χ1n) is 8.77. The average Bonchev–Trinajstić information content (AvgIpc) is 2.99. The fourth-order valence-corrected chi connectivity index (χ4v) is 4.32. The second-order valence-corrected chi connectivity index (χ2v) is 8.13. The number of carbonyl (C=O) groups excluding carboxylic acids is 2. The lowest BCUT2D eigenvalue weighted by atomic mass is 10.1. The first kappa shape index (κ1) is 17.6. The number of aryl methyl sites for hydroxylation is 1. The van der Waals surface area contributed by atoms with Crippen molar-refractivity contribution in [3.8, 4) is 0 Å². The number of amides is 2. The fourth-order valence-electron chi connectivity index (χ4n) is 3.19. The van der Waals surface area contributed by atoms with E-state index in [2.05, 4.69) is 15.6 Å². The molecule has 0 aliphatic carbocycles. The van der Waals surface area contributed by atoms with Gasteiger partial charge in [0.2, 0.25) is 11.8 Å². The topological polar surface area (TPSA) is 76.0 Å². The van der Waals surface area contributed by atoms with E-state index in [-0.39, 0.29) is 11.8 Å². The minimum absolute atomic E-state index is 0.293. The number of thioether (sulfide) groups is 1. The van der Waals surface area contributed by atoms with Crippen molar-refractivity contribution >= 4 is 40.3 Å². The van der Waals surface area contributed by atoms with Gasteiger partial charge in [-0.25, -0.2) is 4.98 Å². The third-order valence-corrected chi connectivity index (χ3v) is 6.18. The Bertz CT molecular complexity index is 1050. The van der Waals surface area contributed by atoms with Crippen molar-refractivity contribution in [2.24, 2.45) is 7.05 Å². The van der Waals surface area contributed by atoms with Gasteiger partial charge >= 0.3 is 0 Å². The summed E-state index contributed by atoms with van der Waals surface area (Å²) >= 11 is 1.28. The monoisotopic (exact) mass is 380 g/mol. The van der Waals surface area contributed by atoms with Crippen molar-refractivity contribution in [1.82, 2.24) is 14.9 Å². The Balaban J connectivity index is 1.44. The molecule has 2 aromatic carbocycles. The lowest BCUT2D eigenvalue weighted by Crippen LogP contribution is -2.52. The zero-order valence-corrected chi connectivity index (χ0v) is 16.0. The smallest absolute Gasteiger partial charge is 0.250 e. The number of aromatic nitrogens is 2. The van der Waals surface area contributed by atoms with E-state index in [0.29, 0.717) is 13.0 Å². The number of hydrogen-bond donors (Lipinski definition) is 2. The number of nitrogens with zero attached hydrogens (tertiary/aromatic N) is 2. The zero-order valence-electron chi connectivity index (χ0n) is 15.2. The van der Waals surface area contributed by atoms with E-state index in [1.165, 1.54) is 11.8 Å². The van der Waals surface area contributed by atoms with Gasteiger partial charge < -0.3 is 15.2 Å². The van der Waals surface area contributed by atoms with Crippen LogP contribution in [-0.4, -0.2) is 32.7 Å². The standard InChI is InChI=1S/C20H20N4O2S/c1-20(19(26)23-14-8-4-6-10-16(14)27-20)18(25)21-12-11-17-22-13-7-3-5-9-15(13)24(17)2/h3-10H,11-12H2,1-2H3,(H,21,25)(H,23,26). The second kappa shape index (κ2) is 6.74. The van der Waals surface area contributed by atoms with Crippen LogP contribution in [0.5, 0.6) is 0 Å². The van der Waals surface area contributed by atoms with E-state index in [4.69, 9.17) is 0 Å². The summed E-state index contributed by atoms with van der Waals surface area (Å²) in [6.45, 7) is 2.08. The van der Waals surface area contributed by atoms with Crippen LogP contribution in [0.4, 0.5) is 5.69 Å². The molecule has 7 heteroatoms. The highest BCUT2D eigenvalue weighted by Gasteiger charge is 2.45. The number of imidazole rings is 1. The Labute approximate surface area is 161 Å². The van der Waals surface area contributed by atoms with E-state index in [1.54, 1.807) is 6.92 Å². The first-order chi connectivity index (χ1) is 13.0. The molecule has 0 radical (unpaired) electrons. The summed E-state index contributed by atoms with van der Waals surface area (Å²) < 4.78 is 0.836. The van der Waals surface area contributed by atoms with E-state index in [1.807, 2.05) is 60.1 Å². The summed E-state index contributed by atoms with van der Waals surface area (Å²) in [7, 11) is 1.97. The molecular weight excluding hydrogens is 360 g/mol. The minimum atomic E-state index is -1.19. The van der Waals surface area contributed by atoms with Crippen LogP contribution in [0.15, 0.2) is 53.4 Å². The third kappa shape index (κ3) is 3.08. The number of hydrogen-bond acceptors (Lipinski definition) is 4. The molecule has 0 saturated heterocycles. The van der Waals surface area contributed by atoms with Crippen molar-refractivity contribution in [3.63, 3.8) is 0 Å². The van der Waals surface area contributed by atoms with Crippen molar-refractivity contribution in [1.29, 1.82) is 0 Å². The van der Waals surface area contributed by atoms with Crippen LogP contribution in [0.3, 0.4) is 0 Å². The SMILES string of the molecule is Cn1c(CCNC(=O)C2(C)Sc3ccccc3NC2=O)nc2ccccc21. The summed E-state index contributed by atoms with van der Waals surface area (Å²) in [6.07, 6.45) is 0.593. The van der Waals surface area contributed by atoms with Crippen LogP contribution in [0.1, 0.15) is 12.7 Å². The van der Waals surface area contributed by atoms with Crippen molar-refractivity contribution in [2.75, 3.05) is 11.9 Å². The molecule has 3 aromatic rings. The highest BCUT2D eigenvalue weighted by molar-refractivity contribution is 8.02. The van der Waals surface area contributed by atoms with E-state index < -0.39 is 4.75 Å². The Morgan fingerprint density at radius 2 is 1.96 bits per heavy atom. The molecule has 2 heterocycles. The van der Waals surface area contributed by atoms with Crippen LogP contribution in [0.25, 0.3) is 11.0 Å². The maximum atomic E-state index is 12.8. The zero-order chi connectivity index (χ0) is 19.0. The van der Waals surface area contributed by atoms with Gasteiger partial charge in [-0.05, 0) is 31.2 Å². The molecule has 138 valence electrons. The van der Waals surface area contributed by atoms with Gasteiger partial charge in [-0.15, -0.1) is 0 Å². The van der Waals surface area contributed by atoms with Gasteiger partial charge in [0.05, 0.1) is 16.7 Å². The maximum absolute atomic E-state index is 12.8. The number of rotatable bonds is 4. The molecule has 4 rings (SSSR count). The lowest BCUT2D eigenvalue weighted by Gasteiger charge is -2.31. The molecule has 1 atom stereocenters. The number of anilines is 1. The Kier molecular flexibility index (Phi) is 4.39. The molecule has 0 spiro atoms. The van der Waals surface area contributed by atoms with E-state index in [9.17, 15) is 9.59 Å². The fraction of sp³-hybridized carbons (Fsp3) is 0.250. The number of benzene rings is 2. The van der Waals surface area contributed by atoms with Crippen molar-refractivity contribution in [2.45, 2.75) is 23.0 Å². The van der Waals surface area contributed by atoms with Crippen LogP contribution in [0, 0.1) is 0 Å². The van der Waals surface area contributed by atoms with Crippen LogP contribution in [-0.2, 0) is 23.1 Å². The third-order valence-electron chi connectivity index (χ3n) is 4.83. The largest absolute Gasteiger partial charge is 0.354 e. The second-order valence-electron chi connectivity index (χ2n) is 6.67. The van der Waals surface area contributed by atoms with Crippen molar-refractivity contribution < 1.29 is 9.59 Å². The maximum Gasteiger partial charge on any atom is 0.250 e. The highest BCUT2D eigenvalue weighted by Crippen LogP contribution is 2.42. The normalized spacial score (nSPS) is 18.8. The molecule has 0 saturated carbocycles. The molecule has 2 N–H and O–H groups in total. The van der Waals surface area contributed by atoms with Crippen LogP contribution < -0.4 is 10.6 Å². The highest BCUT2D eigenvalue weighted by atomic mass is 32.2. The van der Waals surface area contributed by atoms with Crippen LogP contribution in [0.2, 0.25) is 0 Å². The number of carbonyl (C=O) groups is 2. The number of nitrogens with one attached hydrogen (secondary N) is 2. The van der Waals surface area contributed by atoms with Gasteiger partial charge in [0, 0.05) is 24.9 Å². The summed E-state index contributed by atoms with van der Waals surface area (Å²) in [6, 6.07) is 15.4. The van der Waals surface area contributed by atoms with Gasteiger partial charge in [-0.2, -0.15) is 0 Å². The molecule has 2 amide bonds. The summed E-state index contributed by atoms with van der Waals surface area (Å²) in [5.41, 5.74) is 2.74. The van der Waals surface area contributed by atoms with Gasteiger partial charge in [0.15, 0.2) is 4.75 Å². The molecule has 1 unspecified atom stereocenters. The minimum Gasteiger partial charge on any atom is -0.354 e. The molecule has 1 aromatic heterocycles. The Morgan fingerprint density at radius 3 is 2.78 bits per heavy atom. The molecule has 6 nitrogen and oxygen atoms in total. The molecule has 0 fully saturated rings. The van der Waals surface area contributed by atoms with Crippen LogP contribution >= 0.6 is 11.8 Å². The summed E-state index contributed by atoms with van der Waals surface area (Å²) in [5, 5.41) is 5.73. The summed E-state index contributed by atoms with van der Waals surface area (Å²) in [5.74, 6) is 0.303. The molecular formula is C20H20N4O2S. The Hall–Kier alpha value is -2.80. The molecule has 27 heavy (non-hydrogen) atoms. The lowest BCUT2D eigenvalue weighted by molar-refractivity contribution is -0.129. The number of para-hydroxylation sites is 3. The van der Waals surface area contributed by atoms with Gasteiger partial charge in [-0.1, -0.05) is 36.0 Å². The predicted octanol–water partition coefficient (Wildman–Crippen LogP) is 2.74. The quantitative estimate of drug-likeness (QED) is 0.683. The van der Waals surface area contributed by atoms with E-state index in [0.717, 1.165) is 27.4 Å². The van der Waals surface area contributed by atoms with Gasteiger partial charge in [-0.3, -0.25) is 9.59 Å². The molecule has 1 aliphatic heterocycles. The Morgan fingerprint density at radius 1 is 1.22 bits per heavy atom. The first-order valence-corrected chi connectivity index (χ1v) is 9.59. The molecule has 1 aliphatic rings. The van der Waals surface area contributed by atoms with Crippen molar-refractivity contribution in [3.05, 3.63) is 54.4 Å². The van der Waals surface area contributed by atoms with E-state index >= 15 is 0 Å². The molecule has 0 bridgehead atoms. The van der Waals surface area contributed by atoms with Gasteiger partial charge in [0.1, 0.15) is 5.82 Å². The van der Waals surface area contributed by atoms with Gasteiger partial charge in [0.25, 0.3) is 0 Å². The average molecular weight is 380 g/mol.